The fraction of sp³-hybridized carbons (Fsp3) is 0.812. The molecule has 20 heavy (non-hydrogen) atoms. The number of imidazole rings is 1. The van der Waals surface area contributed by atoms with Crippen molar-refractivity contribution in [2.75, 3.05) is 19.6 Å². The Morgan fingerprint density at radius 2 is 2.20 bits per heavy atom. The van der Waals surface area contributed by atoms with Gasteiger partial charge in [0.05, 0.1) is 0 Å². The molecule has 1 fully saturated rings. The Kier molecular flexibility index (Phi) is 4.86. The van der Waals surface area contributed by atoms with Crippen molar-refractivity contribution in [2.24, 2.45) is 5.92 Å². The van der Waals surface area contributed by atoms with E-state index in [0.29, 0.717) is 12.0 Å². The Morgan fingerprint density at radius 1 is 1.45 bits per heavy atom. The molecule has 0 bridgehead atoms. The Morgan fingerprint density at radius 3 is 2.75 bits per heavy atom. The van der Waals surface area contributed by atoms with E-state index < -0.39 is 0 Å². The van der Waals surface area contributed by atoms with Gasteiger partial charge in [-0.05, 0) is 26.2 Å². The molecule has 2 atom stereocenters. The van der Waals surface area contributed by atoms with Crippen LogP contribution in [0.15, 0.2) is 12.4 Å². The largest absolute Gasteiger partial charge is 0.334 e. The summed E-state index contributed by atoms with van der Waals surface area (Å²) in [6.45, 7) is 15.8. The van der Waals surface area contributed by atoms with Gasteiger partial charge >= 0.3 is 0 Å². The van der Waals surface area contributed by atoms with Crippen LogP contribution in [0.2, 0.25) is 0 Å². The molecule has 2 rings (SSSR count). The minimum Gasteiger partial charge on any atom is -0.334 e. The quantitative estimate of drug-likeness (QED) is 0.897. The first-order valence-corrected chi connectivity index (χ1v) is 7.92. The zero-order chi connectivity index (χ0) is 14.8. The third-order valence-corrected chi connectivity index (χ3v) is 5.03. The van der Waals surface area contributed by atoms with E-state index in [9.17, 15) is 0 Å². The molecule has 1 aliphatic heterocycles. The van der Waals surface area contributed by atoms with Crippen molar-refractivity contribution in [2.45, 2.75) is 59.2 Å². The molecular weight excluding hydrogens is 248 g/mol. The molecule has 0 saturated carbocycles. The van der Waals surface area contributed by atoms with Crippen LogP contribution in [-0.2, 0) is 6.54 Å². The van der Waals surface area contributed by atoms with Gasteiger partial charge in [0.2, 0.25) is 0 Å². The highest BCUT2D eigenvalue weighted by Crippen LogP contribution is 2.24. The second-order valence-corrected chi connectivity index (χ2v) is 6.70. The van der Waals surface area contributed by atoms with E-state index in [-0.39, 0.29) is 5.54 Å². The predicted molar refractivity (Wildman–Crippen MR) is 83.9 cm³/mol. The Labute approximate surface area is 123 Å². The summed E-state index contributed by atoms with van der Waals surface area (Å²) in [5.74, 6) is 1.80. The molecule has 4 heteroatoms. The van der Waals surface area contributed by atoms with Crippen molar-refractivity contribution in [3.63, 3.8) is 0 Å². The summed E-state index contributed by atoms with van der Waals surface area (Å²) < 4.78 is 2.25. The standard InChI is InChI=1S/C16H30N4/c1-6-16(5)12-18-15(13(2)3)11-20(16)10-9-19-8-7-17-14(19)4/h7-8,13,15,18H,6,9-12H2,1-5H3. The third kappa shape index (κ3) is 3.23. The first-order chi connectivity index (χ1) is 9.46. The monoisotopic (exact) mass is 278 g/mol. The summed E-state index contributed by atoms with van der Waals surface area (Å²) in [5.41, 5.74) is 0.278. The van der Waals surface area contributed by atoms with Crippen molar-refractivity contribution < 1.29 is 0 Å². The zero-order valence-corrected chi connectivity index (χ0v) is 13.7. The molecule has 4 nitrogen and oxygen atoms in total. The zero-order valence-electron chi connectivity index (χ0n) is 13.7. The maximum absolute atomic E-state index is 4.31. The van der Waals surface area contributed by atoms with Crippen LogP contribution in [0.3, 0.4) is 0 Å². The Hall–Kier alpha value is -0.870. The number of hydrogen-bond donors (Lipinski definition) is 1. The Bertz CT molecular complexity index is 426. The van der Waals surface area contributed by atoms with Crippen LogP contribution in [0.25, 0.3) is 0 Å². The minimum atomic E-state index is 0.278. The van der Waals surface area contributed by atoms with Gasteiger partial charge in [-0.2, -0.15) is 0 Å². The van der Waals surface area contributed by atoms with Crippen LogP contribution in [0.4, 0.5) is 0 Å². The highest BCUT2D eigenvalue weighted by Gasteiger charge is 2.36. The van der Waals surface area contributed by atoms with Crippen molar-refractivity contribution in [1.82, 2.24) is 19.8 Å². The molecule has 1 N–H and O–H groups in total. The molecule has 1 aromatic heterocycles. The Balaban J connectivity index is 2.02. The average molecular weight is 278 g/mol. The average Bonchev–Trinajstić information content (AvgIpc) is 2.83. The molecular formula is C16H30N4. The molecule has 1 aliphatic rings. The van der Waals surface area contributed by atoms with E-state index in [1.807, 2.05) is 6.20 Å². The smallest absolute Gasteiger partial charge is 0.105 e. The summed E-state index contributed by atoms with van der Waals surface area (Å²) in [7, 11) is 0. The molecule has 0 spiro atoms. The molecule has 114 valence electrons. The van der Waals surface area contributed by atoms with Crippen LogP contribution >= 0.6 is 0 Å². The minimum absolute atomic E-state index is 0.278. The SMILES string of the molecule is CCC1(C)CNC(C(C)C)CN1CCn1ccnc1C. The summed E-state index contributed by atoms with van der Waals surface area (Å²) in [6, 6.07) is 0.610. The van der Waals surface area contributed by atoms with Crippen molar-refractivity contribution in [3.8, 4) is 0 Å². The number of nitrogens with one attached hydrogen (secondary N) is 1. The topological polar surface area (TPSA) is 33.1 Å². The molecule has 0 amide bonds. The lowest BCUT2D eigenvalue weighted by atomic mass is 9.89. The van der Waals surface area contributed by atoms with Crippen LogP contribution < -0.4 is 5.32 Å². The predicted octanol–water partition coefficient (Wildman–Crippen LogP) is 2.29. The van der Waals surface area contributed by atoms with Gasteiger partial charge in [-0.3, -0.25) is 4.90 Å². The summed E-state index contributed by atoms with van der Waals surface area (Å²) in [6.07, 6.45) is 5.16. The number of piperazine rings is 1. The van der Waals surface area contributed by atoms with E-state index in [1.54, 1.807) is 0 Å². The molecule has 0 radical (unpaired) electrons. The summed E-state index contributed by atoms with van der Waals surface area (Å²) in [4.78, 5) is 6.99. The highest BCUT2D eigenvalue weighted by atomic mass is 15.3. The number of aryl methyl sites for hydroxylation is 1. The summed E-state index contributed by atoms with van der Waals surface area (Å²) >= 11 is 0. The van der Waals surface area contributed by atoms with Crippen molar-refractivity contribution in [3.05, 3.63) is 18.2 Å². The molecule has 0 aliphatic carbocycles. The lowest BCUT2D eigenvalue weighted by Crippen LogP contribution is -2.64. The van der Waals surface area contributed by atoms with E-state index in [4.69, 9.17) is 0 Å². The van der Waals surface area contributed by atoms with E-state index >= 15 is 0 Å². The van der Waals surface area contributed by atoms with E-state index in [0.717, 1.165) is 32.0 Å². The maximum atomic E-state index is 4.31. The lowest BCUT2D eigenvalue weighted by Gasteiger charge is -2.49. The van der Waals surface area contributed by atoms with Gasteiger partial charge in [0.15, 0.2) is 0 Å². The molecule has 2 unspecified atom stereocenters. The fourth-order valence-corrected chi connectivity index (χ4v) is 3.01. The number of rotatable bonds is 5. The lowest BCUT2D eigenvalue weighted by molar-refractivity contribution is 0.0357. The number of aromatic nitrogens is 2. The molecule has 1 saturated heterocycles. The van der Waals surface area contributed by atoms with Crippen LogP contribution in [0, 0.1) is 12.8 Å². The van der Waals surface area contributed by atoms with Gasteiger partial charge in [0, 0.05) is 50.2 Å². The highest BCUT2D eigenvalue weighted by molar-refractivity contribution is 4.96. The van der Waals surface area contributed by atoms with Crippen LogP contribution in [0.1, 0.15) is 39.9 Å². The first kappa shape index (κ1) is 15.5. The molecule has 2 heterocycles. The van der Waals surface area contributed by atoms with Gasteiger partial charge in [-0.1, -0.05) is 20.8 Å². The molecule has 0 aromatic carbocycles. The first-order valence-electron chi connectivity index (χ1n) is 7.92. The maximum Gasteiger partial charge on any atom is 0.105 e. The van der Waals surface area contributed by atoms with Crippen molar-refractivity contribution >= 4 is 0 Å². The van der Waals surface area contributed by atoms with E-state index in [1.165, 1.54) is 6.42 Å². The van der Waals surface area contributed by atoms with Gasteiger partial charge in [0.1, 0.15) is 5.82 Å². The second-order valence-electron chi connectivity index (χ2n) is 6.70. The van der Waals surface area contributed by atoms with Gasteiger partial charge in [0.25, 0.3) is 0 Å². The van der Waals surface area contributed by atoms with Gasteiger partial charge in [-0.15, -0.1) is 0 Å². The van der Waals surface area contributed by atoms with Crippen molar-refractivity contribution in [1.29, 1.82) is 0 Å². The van der Waals surface area contributed by atoms with Crippen LogP contribution in [0.5, 0.6) is 0 Å². The van der Waals surface area contributed by atoms with Gasteiger partial charge in [-0.25, -0.2) is 4.98 Å². The third-order valence-electron chi connectivity index (χ3n) is 5.03. The fourth-order valence-electron chi connectivity index (χ4n) is 3.01. The number of hydrogen-bond acceptors (Lipinski definition) is 3. The van der Waals surface area contributed by atoms with Gasteiger partial charge < -0.3 is 9.88 Å². The summed E-state index contributed by atoms with van der Waals surface area (Å²) in [5, 5.41) is 3.73. The number of nitrogens with zero attached hydrogens (tertiary/aromatic N) is 3. The van der Waals surface area contributed by atoms with E-state index in [2.05, 4.69) is 60.6 Å². The normalized spacial score (nSPS) is 28.2. The molecule has 1 aromatic rings. The van der Waals surface area contributed by atoms with Crippen LogP contribution in [-0.4, -0.2) is 45.7 Å². The second kappa shape index (κ2) is 6.27.